The van der Waals surface area contributed by atoms with Crippen LogP contribution in [-0.4, -0.2) is 70.9 Å². The van der Waals surface area contributed by atoms with Gasteiger partial charge in [0.2, 0.25) is 5.52 Å². The Bertz CT molecular complexity index is 2420. The molecule has 0 fully saturated rings. The summed E-state index contributed by atoms with van der Waals surface area (Å²) in [7, 11) is 13.6. The first-order valence-electron chi connectivity index (χ1n) is 17.2. The molecule has 0 saturated heterocycles. The van der Waals surface area contributed by atoms with E-state index >= 15 is 0 Å². The summed E-state index contributed by atoms with van der Waals surface area (Å²) in [6.45, 7) is 4.14. The number of para-hydroxylation sites is 2. The maximum Gasteiger partial charge on any atom is 0.262 e. The third-order valence-electron chi connectivity index (χ3n) is 9.36. The molecule has 250 valence electrons. The van der Waals surface area contributed by atoms with Crippen LogP contribution in [0.5, 0.6) is 0 Å². The van der Waals surface area contributed by atoms with Gasteiger partial charge in [-0.1, -0.05) is 65.6 Å². The molecule has 4 aromatic carbocycles. The van der Waals surface area contributed by atoms with Gasteiger partial charge in [0.15, 0.2) is 6.54 Å². The quantitative estimate of drug-likeness (QED) is 0.106. The Morgan fingerprint density at radius 1 is 0.714 bits per heavy atom. The molecule has 4 heterocycles. The summed E-state index contributed by atoms with van der Waals surface area (Å²) in [5, 5.41) is 7.23. The van der Waals surface area contributed by atoms with E-state index in [1.165, 1.54) is 52.4 Å². The number of hydrogen-bond donors (Lipinski definition) is 0. The van der Waals surface area contributed by atoms with Gasteiger partial charge in [0.1, 0.15) is 27.0 Å². The topological polar surface area (TPSA) is 33.4 Å². The zero-order valence-electron chi connectivity index (χ0n) is 29.3. The number of allylic oxidation sites excluding steroid dienone is 2. The highest BCUT2D eigenvalue weighted by Gasteiger charge is 2.28. The Kier molecular flexibility index (Phi) is 8.11. The second-order valence-electron chi connectivity index (χ2n) is 15.3. The molecule has 0 atom stereocenters. The molecule has 8 rings (SSSR count). The van der Waals surface area contributed by atoms with Crippen molar-refractivity contribution in [3.63, 3.8) is 0 Å². The fraction of sp³-hybridized carbons (Fsp3) is 0.293. The van der Waals surface area contributed by atoms with E-state index in [1.54, 1.807) is 0 Å². The van der Waals surface area contributed by atoms with Crippen LogP contribution < -0.4 is 9.47 Å². The molecule has 1 aliphatic heterocycles. The molecule has 49 heavy (non-hydrogen) atoms. The second-order valence-corrected chi connectivity index (χ2v) is 17.4. The summed E-state index contributed by atoms with van der Waals surface area (Å²) < 4.78 is 18.3. The number of nitrogens with zero attached hydrogens (tertiary/aromatic N) is 4. The van der Waals surface area contributed by atoms with E-state index in [9.17, 15) is 0 Å². The summed E-state index contributed by atoms with van der Waals surface area (Å²) in [4.78, 5) is 3.78. The van der Waals surface area contributed by atoms with Crippen molar-refractivity contribution in [2.75, 3.05) is 66.8 Å². The number of aryl methyl sites for hydroxylation is 1. The van der Waals surface area contributed by atoms with Crippen LogP contribution in [0.3, 0.4) is 0 Å². The highest BCUT2D eigenvalue weighted by atomic mass is 32.2. The van der Waals surface area contributed by atoms with E-state index in [1.807, 2.05) is 35.2 Å². The SMILES string of the molecule is C[N+](C)(C)CCCN1C(=CC=Cc2sc3cc4c(cc3[n+]2CCC[N+](C)(C)C)oc2ccccc24)Sc2cc3c(cc21)oc1ccccc13. The maximum absolute atomic E-state index is 6.32. The average Bonchev–Trinajstić information content (AvgIpc) is 3.78. The Labute approximate surface area is 296 Å². The number of furan rings is 2. The molecule has 1 aliphatic rings. The lowest BCUT2D eigenvalue weighted by molar-refractivity contribution is -0.873. The minimum Gasteiger partial charge on any atom is -0.456 e. The van der Waals surface area contributed by atoms with Crippen LogP contribution in [0.2, 0.25) is 0 Å². The highest BCUT2D eigenvalue weighted by Crippen LogP contribution is 2.49. The lowest BCUT2D eigenvalue weighted by Gasteiger charge is -2.26. The van der Waals surface area contributed by atoms with Crippen LogP contribution in [-0.2, 0) is 6.54 Å². The molecule has 6 nitrogen and oxygen atoms in total. The Hall–Kier alpha value is -4.08. The zero-order valence-corrected chi connectivity index (χ0v) is 31.0. The first kappa shape index (κ1) is 32.1. The van der Waals surface area contributed by atoms with Crippen LogP contribution in [0.15, 0.2) is 104 Å². The number of anilines is 1. The number of fused-ring (bicyclic) bond motifs is 8. The number of aromatic nitrogens is 1. The molecule has 0 bridgehead atoms. The number of thioether (sulfide) groups is 1. The molecule has 0 unspecified atom stereocenters. The molecule has 0 aliphatic carbocycles. The Balaban J connectivity index is 1.16. The Morgan fingerprint density at radius 3 is 2.04 bits per heavy atom. The standard InChI is InChI=1S/C41H45N4O2S2/c1-44(2,3)22-12-20-42-32-26-36-30(28-14-7-9-16-34(28)46-36)24-38(32)48-40(42)18-11-19-41-43(21-13-23-45(4,5)6)33-27-37-31(25-39(33)49-41)29-15-8-10-17-35(29)47-37/h7-11,14-19,24-27H,12-13,20-23H2,1-6H3/q+3. The molecule has 7 aromatic rings. The smallest absolute Gasteiger partial charge is 0.262 e. The van der Waals surface area contributed by atoms with Gasteiger partial charge in [-0.05, 0) is 30.3 Å². The summed E-state index contributed by atoms with van der Waals surface area (Å²) in [5.74, 6) is 0. The van der Waals surface area contributed by atoms with E-state index in [-0.39, 0.29) is 0 Å². The third kappa shape index (κ3) is 6.39. The van der Waals surface area contributed by atoms with E-state index < -0.39 is 0 Å². The molecule has 0 spiro atoms. The number of benzene rings is 4. The minimum atomic E-state index is 0.945. The van der Waals surface area contributed by atoms with Crippen LogP contribution >= 0.6 is 23.1 Å². The average molecular weight is 690 g/mol. The molecule has 0 N–H and O–H groups in total. The van der Waals surface area contributed by atoms with Crippen molar-refractivity contribution in [2.24, 2.45) is 0 Å². The van der Waals surface area contributed by atoms with Gasteiger partial charge < -0.3 is 22.7 Å². The summed E-state index contributed by atoms with van der Waals surface area (Å²) in [6, 6.07) is 25.9. The third-order valence-corrected chi connectivity index (χ3v) is 11.6. The van der Waals surface area contributed by atoms with Crippen molar-refractivity contribution >= 4 is 89.0 Å². The van der Waals surface area contributed by atoms with Crippen molar-refractivity contribution in [3.05, 3.63) is 95.0 Å². The van der Waals surface area contributed by atoms with Crippen molar-refractivity contribution in [1.82, 2.24) is 0 Å². The van der Waals surface area contributed by atoms with Gasteiger partial charge in [0.25, 0.3) is 5.01 Å². The lowest BCUT2D eigenvalue weighted by atomic mass is 10.1. The van der Waals surface area contributed by atoms with Gasteiger partial charge in [-0.15, -0.1) is 0 Å². The first-order valence-corrected chi connectivity index (χ1v) is 18.8. The van der Waals surface area contributed by atoms with E-state index in [2.05, 4.69) is 131 Å². The van der Waals surface area contributed by atoms with E-state index in [4.69, 9.17) is 8.83 Å². The zero-order chi connectivity index (χ0) is 33.9. The lowest BCUT2D eigenvalue weighted by Crippen LogP contribution is -2.40. The fourth-order valence-corrected chi connectivity index (χ4v) is 9.21. The molecule has 0 amide bonds. The Morgan fingerprint density at radius 2 is 1.35 bits per heavy atom. The van der Waals surface area contributed by atoms with Crippen molar-refractivity contribution in [2.45, 2.75) is 24.3 Å². The summed E-state index contributed by atoms with van der Waals surface area (Å²) >= 11 is 3.73. The van der Waals surface area contributed by atoms with Crippen molar-refractivity contribution < 1.29 is 22.4 Å². The van der Waals surface area contributed by atoms with Gasteiger partial charge in [-0.25, -0.2) is 0 Å². The summed E-state index contributed by atoms with van der Waals surface area (Å²) in [5.41, 5.74) is 6.27. The van der Waals surface area contributed by atoms with Crippen LogP contribution in [0, 0.1) is 0 Å². The normalized spacial score (nSPS) is 15.1. The van der Waals surface area contributed by atoms with Gasteiger partial charge in [-0.3, -0.25) is 0 Å². The summed E-state index contributed by atoms with van der Waals surface area (Å²) in [6.07, 6.45) is 9.05. The number of rotatable bonds is 10. The van der Waals surface area contributed by atoms with Crippen LogP contribution in [0.1, 0.15) is 17.8 Å². The van der Waals surface area contributed by atoms with Crippen LogP contribution in [0.25, 0.3) is 60.2 Å². The molecular formula is C41H45N4O2S2+3. The largest absolute Gasteiger partial charge is 0.456 e. The monoisotopic (exact) mass is 689 g/mol. The second kappa shape index (κ2) is 12.4. The molecule has 8 heteroatoms. The molecular weight excluding hydrogens is 645 g/mol. The fourth-order valence-electron chi connectivity index (χ4n) is 6.97. The minimum absolute atomic E-state index is 0.945. The maximum atomic E-state index is 6.32. The highest BCUT2D eigenvalue weighted by molar-refractivity contribution is 8.03. The van der Waals surface area contributed by atoms with Crippen LogP contribution in [0.4, 0.5) is 5.69 Å². The van der Waals surface area contributed by atoms with Gasteiger partial charge >= 0.3 is 0 Å². The van der Waals surface area contributed by atoms with Gasteiger partial charge in [-0.2, -0.15) is 4.57 Å². The van der Waals surface area contributed by atoms with Crippen molar-refractivity contribution in [3.8, 4) is 0 Å². The number of thiazole rings is 1. The predicted molar refractivity (Wildman–Crippen MR) is 208 cm³/mol. The number of hydrogen-bond acceptors (Lipinski definition) is 5. The van der Waals surface area contributed by atoms with E-state index in [0.29, 0.717) is 0 Å². The predicted octanol–water partition coefficient (Wildman–Crippen LogP) is 9.65. The van der Waals surface area contributed by atoms with Crippen molar-refractivity contribution in [1.29, 1.82) is 0 Å². The molecule has 0 radical (unpaired) electrons. The van der Waals surface area contributed by atoms with E-state index in [0.717, 1.165) is 70.3 Å². The van der Waals surface area contributed by atoms with Gasteiger partial charge in [0, 0.05) is 51.5 Å². The first-order chi connectivity index (χ1) is 23.5. The van der Waals surface area contributed by atoms with Gasteiger partial charge in [0.05, 0.1) is 78.6 Å². The molecule has 0 saturated carbocycles. The molecule has 3 aromatic heterocycles. The number of quaternary nitrogens is 2.